The van der Waals surface area contributed by atoms with Crippen molar-refractivity contribution in [3.05, 3.63) is 81.9 Å². The van der Waals surface area contributed by atoms with Crippen LogP contribution in [0.4, 0.5) is 0 Å². The first-order valence-corrected chi connectivity index (χ1v) is 8.17. The van der Waals surface area contributed by atoms with Gasteiger partial charge in [0.15, 0.2) is 5.78 Å². The summed E-state index contributed by atoms with van der Waals surface area (Å²) in [7, 11) is 1.63. The lowest BCUT2D eigenvalue weighted by molar-refractivity contribution is 0.103. The smallest absolute Gasteiger partial charge is 0.193 e. The highest BCUT2D eigenvalue weighted by atomic mass is 16.5. The van der Waals surface area contributed by atoms with Gasteiger partial charge in [0.25, 0.3) is 0 Å². The van der Waals surface area contributed by atoms with E-state index in [4.69, 9.17) is 4.74 Å². The zero-order valence-corrected chi connectivity index (χ0v) is 14.6. The molecule has 0 N–H and O–H groups in total. The minimum Gasteiger partial charge on any atom is -0.497 e. The van der Waals surface area contributed by atoms with Crippen LogP contribution in [0.3, 0.4) is 0 Å². The van der Waals surface area contributed by atoms with Crippen LogP contribution in [0.2, 0.25) is 0 Å². The molecule has 0 saturated heterocycles. The van der Waals surface area contributed by atoms with Gasteiger partial charge < -0.3 is 4.74 Å². The summed E-state index contributed by atoms with van der Waals surface area (Å²) in [5.41, 5.74) is 7.64. The summed E-state index contributed by atoms with van der Waals surface area (Å²) in [6.07, 6.45) is 0.902. The topological polar surface area (TPSA) is 26.3 Å². The molecule has 0 atom stereocenters. The Morgan fingerprint density at radius 2 is 1.67 bits per heavy atom. The quantitative estimate of drug-likeness (QED) is 0.702. The molecule has 0 bridgehead atoms. The molecule has 2 heteroatoms. The molecule has 0 heterocycles. The number of ketones is 1. The predicted octanol–water partition coefficient (Wildman–Crippen LogP) is 5.44. The van der Waals surface area contributed by atoms with Gasteiger partial charge in [0.05, 0.1) is 7.11 Å². The monoisotopic (exact) mass is 318 g/mol. The van der Waals surface area contributed by atoms with E-state index >= 15 is 0 Å². The van der Waals surface area contributed by atoms with E-state index < -0.39 is 0 Å². The molecular weight excluding hydrogens is 296 g/mol. The second-order valence-electron chi connectivity index (χ2n) is 6.29. The Hall–Kier alpha value is -2.61. The zero-order valence-electron chi connectivity index (χ0n) is 14.6. The van der Waals surface area contributed by atoms with Crippen LogP contribution < -0.4 is 4.74 Å². The third-order valence-corrected chi connectivity index (χ3v) is 4.93. The Morgan fingerprint density at radius 1 is 0.958 bits per heavy atom. The highest BCUT2D eigenvalue weighted by Crippen LogP contribution is 2.40. The molecule has 122 valence electrons. The van der Waals surface area contributed by atoms with Crippen LogP contribution in [0.5, 0.6) is 5.75 Å². The Labute approximate surface area is 143 Å². The van der Waals surface area contributed by atoms with E-state index in [0.717, 1.165) is 12.0 Å². The molecule has 0 aromatic heterocycles. The molecule has 0 aliphatic heterocycles. The second kappa shape index (κ2) is 6.48. The maximum atomic E-state index is 13.1. The highest BCUT2D eigenvalue weighted by molar-refractivity contribution is 6.12. The Balaban J connectivity index is 2.14. The van der Waals surface area contributed by atoms with Crippen LogP contribution in [-0.2, 0) is 0 Å². The Morgan fingerprint density at radius 3 is 2.25 bits per heavy atom. The van der Waals surface area contributed by atoms with E-state index in [1.165, 1.54) is 22.3 Å². The van der Waals surface area contributed by atoms with E-state index in [1.54, 1.807) is 7.11 Å². The molecule has 0 fully saturated rings. The molecule has 24 heavy (non-hydrogen) atoms. The van der Waals surface area contributed by atoms with Crippen molar-refractivity contribution >= 4 is 11.4 Å². The molecule has 0 saturated carbocycles. The van der Waals surface area contributed by atoms with Crippen molar-refractivity contribution in [2.45, 2.75) is 27.2 Å². The number of methoxy groups -OCH3 is 1. The summed E-state index contributed by atoms with van der Waals surface area (Å²) >= 11 is 0. The van der Waals surface area contributed by atoms with Gasteiger partial charge in [0, 0.05) is 11.1 Å². The minimum atomic E-state index is 0.0343. The largest absolute Gasteiger partial charge is 0.497 e. The van der Waals surface area contributed by atoms with E-state index in [1.807, 2.05) is 48.5 Å². The molecule has 2 aromatic rings. The summed E-state index contributed by atoms with van der Waals surface area (Å²) in [5, 5.41) is 0. The number of benzene rings is 2. The lowest BCUT2D eigenvalue weighted by Crippen LogP contribution is -2.06. The third kappa shape index (κ3) is 2.80. The fourth-order valence-corrected chi connectivity index (χ4v) is 3.22. The van der Waals surface area contributed by atoms with Crippen LogP contribution in [0, 0.1) is 0 Å². The molecule has 2 nitrogen and oxygen atoms in total. The van der Waals surface area contributed by atoms with Crippen LogP contribution >= 0.6 is 0 Å². The van der Waals surface area contributed by atoms with Gasteiger partial charge in [0.2, 0.25) is 0 Å². The first-order valence-electron chi connectivity index (χ1n) is 8.17. The van der Waals surface area contributed by atoms with Crippen molar-refractivity contribution in [2.75, 3.05) is 7.11 Å². The number of carbonyl (C=O) groups is 1. The number of hydrogen-bond acceptors (Lipinski definition) is 2. The normalized spacial score (nSPS) is 14.3. The molecule has 2 aromatic carbocycles. The summed E-state index contributed by atoms with van der Waals surface area (Å²) in [4.78, 5) is 13.1. The third-order valence-electron chi connectivity index (χ3n) is 4.93. The number of carbonyl (C=O) groups excluding carboxylic acids is 1. The minimum absolute atomic E-state index is 0.0343. The summed E-state index contributed by atoms with van der Waals surface area (Å²) in [6, 6.07) is 15.2. The van der Waals surface area contributed by atoms with Crippen molar-refractivity contribution in [3.8, 4) is 5.75 Å². The second-order valence-corrected chi connectivity index (χ2v) is 6.29. The van der Waals surface area contributed by atoms with E-state index in [2.05, 4.69) is 20.8 Å². The van der Waals surface area contributed by atoms with Gasteiger partial charge in [-0.15, -0.1) is 0 Å². The SMILES string of the molecule is COc1ccc(C2=C(C)C(C)=C(C)C2)c(C(=O)c2ccccc2)c1. The number of hydrogen-bond donors (Lipinski definition) is 0. The van der Waals surface area contributed by atoms with E-state index in [9.17, 15) is 4.79 Å². The van der Waals surface area contributed by atoms with Gasteiger partial charge in [-0.05, 0) is 61.6 Å². The van der Waals surface area contributed by atoms with E-state index in [-0.39, 0.29) is 5.78 Å². The zero-order chi connectivity index (χ0) is 17.3. The van der Waals surface area contributed by atoms with Crippen LogP contribution in [0.15, 0.2) is 65.3 Å². The van der Waals surface area contributed by atoms with Crippen molar-refractivity contribution in [1.29, 1.82) is 0 Å². The molecule has 0 radical (unpaired) electrons. The maximum Gasteiger partial charge on any atom is 0.193 e. The van der Waals surface area contributed by atoms with E-state index in [0.29, 0.717) is 16.9 Å². The fourth-order valence-electron chi connectivity index (χ4n) is 3.22. The van der Waals surface area contributed by atoms with Gasteiger partial charge >= 0.3 is 0 Å². The molecule has 0 unspecified atom stereocenters. The molecule has 0 amide bonds. The molecule has 1 aliphatic rings. The van der Waals surface area contributed by atoms with Crippen molar-refractivity contribution in [1.82, 2.24) is 0 Å². The van der Waals surface area contributed by atoms with Crippen LogP contribution in [0.1, 0.15) is 48.7 Å². The molecular formula is C22H22O2. The van der Waals surface area contributed by atoms with Crippen molar-refractivity contribution in [2.24, 2.45) is 0 Å². The summed E-state index contributed by atoms with van der Waals surface area (Å²) < 4.78 is 5.35. The first kappa shape index (κ1) is 16.3. The predicted molar refractivity (Wildman–Crippen MR) is 98.5 cm³/mol. The number of rotatable bonds is 4. The van der Waals surface area contributed by atoms with Crippen molar-refractivity contribution < 1.29 is 9.53 Å². The first-order chi connectivity index (χ1) is 11.5. The average Bonchev–Trinajstić information content (AvgIpc) is 2.88. The van der Waals surface area contributed by atoms with Gasteiger partial charge in [0.1, 0.15) is 5.75 Å². The number of ether oxygens (including phenoxy) is 1. The standard InChI is InChI=1S/C22H22O2/c1-14-12-20(16(3)15(14)2)19-11-10-18(24-4)13-21(19)22(23)17-8-6-5-7-9-17/h5-11,13H,12H2,1-4H3. The summed E-state index contributed by atoms with van der Waals surface area (Å²) in [5.74, 6) is 0.739. The van der Waals surface area contributed by atoms with Gasteiger partial charge in [-0.1, -0.05) is 42.0 Å². The maximum absolute atomic E-state index is 13.1. The lowest BCUT2D eigenvalue weighted by atomic mass is 9.91. The Bertz CT molecular complexity index is 855. The lowest BCUT2D eigenvalue weighted by Gasteiger charge is -2.14. The summed E-state index contributed by atoms with van der Waals surface area (Å²) in [6.45, 7) is 6.45. The Kier molecular flexibility index (Phi) is 4.39. The molecule has 3 rings (SSSR count). The molecule has 1 aliphatic carbocycles. The van der Waals surface area contributed by atoms with Gasteiger partial charge in [-0.25, -0.2) is 0 Å². The molecule has 0 spiro atoms. The fraction of sp³-hybridized carbons (Fsp3) is 0.227. The van der Waals surface area contributed by atoms with Crippen LogP contribution in [-0.4, -0.2) is 12.9 Å². The van der Waals surface area contributed by atoms with Crippen molar-refractivity contribution in [3.63, 3.8) is 0 Å². The average molecular weight is 318 g/mol. The number of allylic oxidation sites excluding steroid dienone is 4. The highest BCUT2D eigenvalue weighted by Gasteiger charge is 2.22. The van der Waals surface area contributed by atoms with Gasteiger partial charge in [-0.3, -0.25) is 4.79 Å². The van der Waals surface area contributed by atoms with Gasteiger partial charge in [-0.2, -0.15) is 0 Å². The van der Waals surface area contributed by atoms with Crippen LogP contribution in [0.25, 0.3) is 5.57 Å².